The molecule has 0 spiro atoms. The minimum atomic E-state index is -0.868. The Morgan fingerprint density at radius 1 is 1.08 bits per heavy atom. The Morgan fingerprint density at radius 3 is 2.50 bits per heavy atom. The van der Waals surface area contributed by atoms with Gasteiger partial charge in [-0.2, -0.15) is 4.98 Å². The van der Waals surface area contributed by atoms with Crippen LogP contribution in [-0.4, -0.2) is 39.9 Å². The number of halogens is 1. The first-order valence-corrected chi connectivity index (χ1v) is 11.1. The van der Waals surface area contributed by atoms with Gasteiger partial charge in [0.25, 0.3) is 5.91 Å². The number of hydrogen-bond donors (Lipinski definition) is 2. The van der Waals surface area contributed by atoms with Crippen molar-refractivity contribution in [3.05, 3.63) is 89.6 Å². The lowest BCUT2D eigenvalue weighted by Crippen LogP contribution is -2.32. The van der Waals surface area contributed by atoms with Crippen LogP contribution in [0.5, 0.6) is 11.5 Å². The van der Waals surface area contributed by atoms with Crippen molar-refractivity contribution >= 4 is 17.5 Å². The SMILES string of the molecule is COc1cc(OC)cc(-c2nc3n(n2)[C@@H](c2ccccc2F)C(C(=O)Nc2cccnc2)=C(C)N3)c1. The van der Waals surface area contributed by atoms with Crippen molar-refractivity contribution in [3.8, 4) is 22.9 Å². The Balaban J connectivity index is 1.63. The van der Waals surface area contributed by atoms with Crippen molar-refractivity contribution in [2.24, 2.45) is 0 Å². The van der Waals surface area contributed by atoms with E-state index in [0.717, 1.165) is 0 Å². The second-order valence-corrected chi connectivity index (χ2v) is 8.09. The van der Waals surface area contributed by atoms with Crippen LogP contribution in [0.2, 0.25) is 0 Å². The van der Waals surface area contributed by atoms with Gasteiger partial charge in [-0.15, -0.1) is 5.10 Å². The van der Waals surface area contributed by atoms with E-state index in [1.165, 1.54) is 16.9 Å². The van der Waals surface area contributed by atoms with E-state index in [1.807, 2.05) is 0 Å². The largest absolute Gasteiger partial charge is 0.497 e. The van der Waals surface area contributed by atoms with Gasteiger partial charge in [-0.05, 0) is 37.3 Å². The number of benzene rings is 2. The van der Waals surface area contributed by atoms with Crippen molar-refractivity contribution in [1.29, 1.82) is 0 Å². The number of amides is 1. The number of carbonyl (C=O) groups excluding carboxylic acids is 1. The molecule has 1 aliphatic heterocycles. The maximum Gasteiger partial charge on any atom is 0.255 e. The summed E-state index contributed by atoms with van der Waals surface area (Å²) in [7, 11) is 3.11. The number of hydrogen-bond acceptors (Lipinski definition) is 7. The van der Waals surface area contributed by atoms with Crippen molar-refractivity contribution in [2.75, 3.05) is 24.9 Å². The fourth-order valence-electron chi connectivity index (χ4n) is 4.12. The molecule has 0 fully saturated rings. The van der Waals surface area contributed by atoms with E-state index >= 15 is 4.39 Å². The average molecular weight is 487 g/mol. The molecular formula is C26H23FN6O3. The molecule has 2 aromatic heterocycles. The van der Waals surface area contributed by atoms with Crippen molar-refractivity contribution < 1.29 is 18.7 Å². The number of methoxy groups -OCH3 is 2. The molecule has 1 atom stereocenters. The van der Waals surface area contributed by atoms with Gasteiger partial charge in [0.15, 0.2) is 5.82 Å². The number of aromatic nitrogens is 4. The van der Waals surface area contributed by atoms with Crippen molar-refractivity contribution in [1.82, 2.24) is 19.7 Å². The molecule has 36 heavy (non-hydrogen) atoms. The molecule has 3 heterocycles. The third kappa shape index (κ3) is 4.24. The minimum absolute atomic E-state index is 0.288. The normalized spacial score (nSPS) is 14.6. The number of rotatable bonds is 6. The maximum atomic E-state index is 15.1. The highest BCUT2D eigenvalue weighted by molar-refractivity contribution is 6.06. The highest BCUT2D eigenvalue weighted by Crippen LogP contribution is 2.38. The second kappa shape index (κ2) is 9.49. The smallest absolute Gasteiger partial charge is 0.255 e. The van der Waals surface area contributed by atoms with Crippen molar-refractivity contribution in [2.45, 2.75) is 13.0 Å². The molecule has 10 heteroatoms. The summed E-state index contributed by atoms with van der Waals surface area (Å²) >= 11 is 0. The number of carbonyl (C=O) groups is 1. The summed E-state index contributed by atoms with van der Waals surface area (Å²) in [6, 6.07) is 14.2. The first kappa shape index (κ1) is 23.0. The number of nitrogens with one attached hydrogen (secondary N) is 2. The number of ether oxygens (including phenoxy) is 2. The molecule has 0 saturated carbocycles. The Kier molecular flexibility index (Phi) is 6.07. The monoisotopic (exact) mass is 486 g/mol. The fourth-order valence-corrected chi connectivity index (χ4v) is 4.12. The van der Waals surface area contributed by atoms with Crippen LogP contribution in [0.3, 0.4) is 0 Å². The van der Waals surface area contributed by atoms with Crippen LogP contribution in [0.15, 0.2) is 78.3 Å². The first-order valence-electron chi connectivity index (χ1n) is 11.1. The lowest BCUT2D eigenvalue weighted by atomic mass is 9.94. The molecule has 1 amide bonds. The number of fused-ring (bicyclic) bond motifs is 1. The van der Waals surface area contributed by atoms with Crippen LogP contribution >= 0.6 is 0 Å². The summed E-state index contributed by atoms with van der Waals surface area (Å²) < 4.78 is 27.4. The van der Waals surface area contributed by atoms with E-state index in [-0.39, 0.29) is 5.56 Å². The zero-order valence-electron chi connectivity index (χ0n) is 19.8. The highest BCUT2D eigenvalue weighted by Gasteiger charge is 2.36. The molecule has 4 aromatic rings. The van der Waals surface area contributed by atoms with Gasteiger partial charge in [0, 0.05) is 29.1 Å². The van der Waals surface area contributed by atoms with E-state index in [2.05, 4.69) is 25.7 Å². The number of nitrogens with zero attached hydrogens (tertiary/aromatic N) is 4. The summed E-state index contributed by atoms with van der Waals surface area (Å²) in [5, 5.41) is 10.7. The predicted molar refractivity (Wildman–Crippen MR) is 132 cm³/mol. The molecule has 182 valence electrons. The zero-order chi connectivity index (χ0) is 25.2. The van der Waals surface area contributed by atoms with Gasteiger partial charge in [-0.25, -0.2) is 9.07 Å². The summed E-state index contributed by atoms with van der Waals surface area (Å²) in [6.07, 6.45) is 3.15. The molecule has 5 rings (SSSR count). The molecule has 0 aliphatic carbocycles. The third-order valence-corrected chi connectivity index (χ3v) is 5.83. The van der Waals surface area contributed by atoms with E-state index in [1.54, 1.807) is 75.9 Å². The van der Waals surface area contributed by atoms with Crippen LogP contribution < -0.4 is 20.1 Å². The second-order valence-electron chi connectivity index (χ2n) is 8.09. The molecule has 0 saturated heterocycles. The highest BCUT2D eigenvalue weighted by atomic mass is 19.1. The van der Waals surface area contributed by atoms with E-state index in [4.69, 9.17) is 9.47 Å². The van der Waals surface area contributed by atoms with Gasteiger partial charge >= 0.3 is 0 Å². The Hall–Kier alpha value is -4.73. The topological polar surface area (TPSA) is 103 Å². The van der Waals surface area contributed by atoms with Gasteiger partial charge in [0.05, 0.1) is 31.7 Å². The van der Waals surface area contributed by atoms with Crippen LogP contribution in [0.4, 0.5) is 16.0 Å². The molecule has 2 aromatic carbocycles. The maximum absolute atomic E-state index is 15.1. The molecule has 2 N–H and O–H groups in total. The van der Waals surface area contributed by atoms with Crippen LogP contribution in [-0.2, 0) is 4.79 Å². The van der Waals surface area contributed by atoms with Gasteiger partial charge < -0.3 is 20.1 Å². The van der Waals surface area contributed by atoms with E-state index in [0.29, 0.717) is 45.8 Å². The predicted octanol–water partition coefficient (Wildman–Crippen LogP) is 4.42. The molecule has 9 nitrogen and oxygen atoms in total. The van der Waals surface area contributed by atoms with Gasteiger partial charge in [0.1, 0.15) is 23.4 Å². The molecule has 1 aliphatic rings. The van der Waals surface area contributed by atoms with E-state index < -0.39 is 17.8 Å². The third-order valence-electron chi connectivity index (χ3n) is 5.83. The molecule has 0 bridgehead atoms. The quantitative estimate of drug-likeness (QED) is 0.416. The summed E-state index contributed by atoms with van der Waals surface area (Å²) in [6.45, 7) is 1.75. The number of allylic oxidation sites excluding steroid dienone is 1. The van der Waals surface area contributed by atoms with Crippen LogP contribution in [0, 0.1) is 5.82 Å². The van der Waals surface area contributed by atoms with Gasteiger partial charge in [0.2, 0.25) is 5.95 Å². The molecular weight excluding hydrogens is 463 g/mol. The Morgan fingerprint density at radius 2 is 1.83 bits per heavy atom. The average Bonchev–Trinajstić information content (AvgIpc) is 3.32. The zero-order valence-corrected chi connectivity index (χ0v) is 19.8. The first-order chi connectivity index (χ1) is 17.5. The van der Waals surface area contributed by atoms with Gasteiger partial charge in [-0.3, -0.25) is 9.78 Å². The Bertz CT molecular complexity index is 1450. The van der Waals surface area contributed by atoms with Crippen molar-refractivity contribution in [3.63, 3.8) is 0 Å². The lowest BCUT2D eigenvalue weighted by Gasteiger charge is -2.28. The summed E-state index contributed by atoms with van der Waals surface area (Å²) in [5.74, 6) is 0.998. The van der Waals surface area contributed by atoms with Crippen LogP contribution in [0.25, 0.3) is 11.4 Å². The number of anilines is 2. The number of pyridine rings is 1. The van der Waals surface area contributed by atoms with Gasteiger partial charge in [-0.1, -0.05) is 18.2 Å². The Labute approximate surface area is 206 Å². The summed E-state index contributed by atoms with van der Waals surface area (Å²) in [5.41, 5.74) is 2.27. The minimum Gasteiger partial charge on any atom is -0.497 e. The molecule has 0 radical (unpaired) electrons. The standard InChI is InChI=1S/C26H23FN6O3/c1-15-22(25(34)30-17-7-6-10-28-14-17)23(20-8-4-5-9-21(20)27)33-26(29-15)31-24(32-33)16-11-18(35-2)13-19(12-16)36-3/h4-14,23H,1-3H3,(H,30,34)(H,29,31,32)/t23-/m0/s1. The van der Waals surface area contributed by atoms with Crippen LogP contribution in [0.1, 0.15) is 18.5 Å². The van der Waals surface area contributed by atoms with E-state index in [9.17, 15) is 4.79 Å². The summed E-state index contributed by atoms with van der Waals surface area (Å²) in [4.78, 5) is 22.1. The molecule has 0 unspecified atom stereocenters. The lowest BCUT2D eigenvalue weighted by molar-refractivity contribution is -0.113. The fraction of sp³-hybridized carbons (Fsp3) is 0.154.